The van der Waals surface area contributed by atoms with E-state index in [-0.39, 0.29) is 71.1 Å². The van der Waals surface area contributed by atoms with Crippen LogP contribution in [0.25, 0.3) is 140 Å². The second-order valence-corrected chi connectivity index (χ2v) is 29.5. The number of benzene rings is 12. The third kappa shape index (κ3) is 24.3. The SMILES string of the molecule is C=Cc1c[c-]c(-c2ccccn2)cc1.C=Cc1ccc(CCc2c[c-]c(-c3cc4ccccc4cn3)cc2)cc1.C=Cc1ccc2nc(-c3[c-]cccc3)ccc2c1.CC(C)(C)c1c[c-]c(-c2cc3ccccc3cn2)cc1.CC(C)(C)c1c[c-]c(-c2ccc3ccccc3n2)cc1.[Ir].[Ir].[Ir].[c-]1ccccc1-c1ccc2ccccc2n1. The van der Waals surface area contributed by atoms with E-state index in [0.29, 0.717) is 0 Å². The zero-order valence-electron chi connectivity index (χ0n) is 66.4. The molecule has 0 unspecified atom stereocenters. The Hall–Kier alpha value is -12.0. The van der Waals surface area contributed by atoms with Crippen molar-refractivity contribution in [2.45, 2.75) is 65.2 Å². The first kappa shape index (κ1) is 87.4. The van der Waals surface area contributed by atoms with E-state index in [4.69, 9.17) is 4.98 Å². The van der Waals surface area contributed by atoms with Gasteiger partial charge in [0.05, 0.1) is 16.6 Å². The van der Waals surface area contributed by atoms with Gasteiger partial charge in [-0.1, -0.05) is 249 Å². The van der Waals surface area contributed by atoms with Crippen molar-refractivity contribution >= 4 is 72.5 Å². The molecule has 0 aliphatic rings. The Morgan fingerprint density at radius 1 is 0.274 bits per heavy atom. The van der Waals surface area contributed by atoms with Crippen LogP contribution >= 0.6 is 0 Å². The predicted octanol–water partition coefficient (Wildman–Crippen LogP) is 27.4. The van der Waals surface area contributed by atoms with Gasteiger partial charge in [-0.15, -0.1) is 226 Å². The normalized spacial score (nSPS) is 10.6. The number of rotatable bonds is 12. The Balaban J connectivity index is 0.000000149. The van der Waals surface area contributed by atoms with Gasteiger partial charge in [0.25, 0.3) is 0 Å². The first-order chi connectivity index (χ1) is 55.6. The molecule has 0 bridgehead atoms. The van der Waals surface area contributed by atoms with E-state index < -0.39 is 0 Å². The van der Waals surface area contributed by atoms with E-state index in [9.17, 15) is 0 Å². The number of pyridine rings is 6. The third-order valence-corrected chi connectivity index (χ3v) is 19.4. The summed E-state index contributed by atoms with van der Waals surface area (Å²) >= 11 is 0. The minimum absolute atomic E-state index is 0. The largest absolute Gasteiger partial charge is 0.305 e. The summed E-state index contributed by atoms with van der Waals surface area (Å²) in [7, 11) is 0. The van der Waals surface area contributed by atoms with E-state index in [1.807, 2.05) is 182 Å². The van der Waals surface area contributed by atoms with Crippen molar-refractivity contribution < 1.29 is 60.3 Å². The second kappa shape index (κ2) is 42.6. The predicted molar refractivity (Wildman–Crippen MR) is 480 cm³/mol. The molecular weight excluding hydrogens is 1960 g/mol. The molecule has 18 aromatic rings. The van der Waals surface area contributed by atoms with Crippen LogP contribution in [-0.4, -0.2) is 29.9 Å². The van der Waals surface area contributed by atoms with Gasteiger partial charge in [-0.3, -0.25) is 15.0 Å². The van der Waals surface area contributed by atoms with Crippen LogP contribution in [0.15, 0.2) is 366 Å². The number of aromatic nitrogens is 6. The first-order valence-corrected chi connectivity index (χ1v) is 38.3. The number of nitrogens with zero attached hydrogens (tertiary/aromatic N) is 6. The van der Waals surface area contributed by atoms with Gasteiger partial charge in [-0.05, 0) is 136 Å². The van der Waals surface area contributed by atoms with Crippen LogP contribution in [0.3, 0.4) is 0 Å². The summed E-state index contributed by atoms with van der Waals surface area (Å²) in [5.41, 5.74) is 23.9. The molecule has 0 atom stereocenters. The molecule has 12 aromatic carbocycles. The molecule has 583 valence electrons. The number of hydrogen-bond acceptors (Lipinski definition) is 6. The summed E-state index contributed by atoms with van der Waals surface area (Å²) in [6.45, 7) is 24.5. The number of fused-ring (bicyclic) bond motifs is 5. The van der Waals surface area contributed by atoms with Gasteiger partial charge in [0.2, 0.25) is 0 Å². The van der Waals surface area contributed by atoms with E-state index in [1.54, 1.807) is 12.3 Å². The van der Waals surface area contributed by atoms with Crippen LogP contribution in [-0.2, 0) is 84.0 Å². The zero-order valence-corrected chi connectivity index (χ0v) is 73.5. The third-order valence-electron chi connectivity index (χ3n) is 19.4. The molecule has 0 N–H and O–H groups in total. The van der Waals surface area contributed by atoms with Crippen molar-refractivity contribution in [1.82, 2.24) is 29.9 Å². The van der Waals surface area contributed by atoms with Gasteiger partial charge in [-0.2, -0.15) is 0 Å². The quantitative estimate of drug-likeness (QED) is 0.113. The van der Waals surface area contributed by atoms with Crippen molar-refractivity contribution in [3.8, 4) is 67.5 Å². The fourth-order valence-electron chi connectivity index (χ4n) is 12.6. The average molecular weight is 2050 g/mol. The molecular formula is C108H88Ir3N6-6. The summed E-state index contributed by atoms with van der Waals surface area (Å²) in [6.07, 6.45) is 13.2. The summed E-state index contributed by atoms with van der Waals surface area (Å²) in [6, 6.07) is 131. The Labute approximate surface area is 730 Å². The van der Waals surface area contributed by atoms with Gasteiger partial charge in [0.1, 0.15) is 0 Å². The summed E-state index contributed by atoms with van der Waals surface area (Å²) in [5, 5.41) is 8.22. The van der Waals surface area contributed by atoms with Crippen molar-refractivity contribution in [2.75, 3.05) is 0 Å². The van der Waals surface area contributed by atoms with Crippen molar-refractivity contribution in [1.29, 1.82) is 0 Å². The van der Waals surface area contributed by atoms with E-state index in [2.05, 4.69) is 292 Å². The molecule has 3 radical (unpaired) electrons. The minimum atomic E-state index is 0. The fourth-order valence-corrected chi connectivity index (χ4v) is 12.6. The number of aryl methyl sites for hydroxylation is 2. The molecule has 9 heteroatoms. The minimum Gasteiger partial charge on any atom is -0.305 e. The topological polar surface area (TPSA) is 77.3 Å². The fraction of sp³-hybridized carbons (Fsp3) is 0.0926. The van der Waals surface area contributed by atoms with Gasteiger partial charge in [-0.25, -0.2) is 0 Å². The number of para-hydroxylation sites is 2. The van der Waals surface area contributed by atoms with E-state index in [0.717, 1.165) is 124 Å². The molecule has 0 aliphatic heterocycles. The Morgan fingerprint density at radius 3 is 1.09 bits per heavy atom. The Kier molecular flexibility index (Phi) is 31.8. The molecule has 0 aliphatic carbocycles. The summed E-state index contributed by atoms with van der Waals surface area (Å²) in [4.78, 5) is 27.3. The average Bonchev–Trinajstić information content (AvgIpc) is 0.824. The summed E-state index contributed by atoms with van der Waals surface area (Å²) < 4.78 is 0. The molecule has 0 amide bonds. The molecule has 6 nitrogen and oxygen atoms in total. The van der Waals surface area contributed by atoms with E-state index in [1.165, 1.54) is 49.2 Å². The van der Waals surface area contributed by atoms with Crippen LogP contribution in [0, 0.1) is 36.4 Å². The van der Waals surface area contributed by atoms with Gasteiger partial charge >= 0.3 is 0 Å². The Bertz CT molecular complexity index is 6070. The standard InChI is InChI=1S/C25H20N.2C19H18N.C17H12N.C15H10N.C13H10N.3Ir/c1-2-19-7-9-20(10-8-19)11-12-21-13-15-22(16-14-21)25-17-23-5-3-4-6-24(23)18-26-25;1-19(2,3)16-11-8-15(9-12-16)18-13-10-14-6-4-5-7-17(14)20-18;1-19(2,3)17-10-8-14(9-11-17)18-12-15-6-4-5-7-16(15)13-20-18;1-2-13-8-10-17-15(12-13)9-11-16(18-17)14-6-4-3-5-7-14;1-2-6-12(7-3-1)15-11-10-13-8-4-5-9-14(13)16-15;1-2-11-6-8-12(9-7-11)13-5-3-4-10-14-13;;;/h2-10,13-15,17-18H,1,11-12H2;2*4-8,10-13H,1-3H3;2-6,8-12H,1H2;1-6,8-11H;2-8,10H,1H2;;;/q6*-1;;;. The van der Waals surface area contributed by atoms with Crippen LogP contribution in [0.2, 0.25) is 0 Å². The second-order valence-electron chi connectivity index (χ2n) is 29.5. The first-order valence-electron chi connectivity index (χ1n) is 38.3. The Morgan fingerprint density at radius 2 is 0.658 bits per heavy atom. The van der Waals surface area contributed by atoms with Crippen molar-refractivity contribution in [3.05, 3.63) is 441 Å². The molecule has 0 saturated carbocycles. The van der Waals surface area contributed by atoms with Crippen LogP contribution in [0.1, 0.15) is 80.5 Å². The summed E-state index contributed by atoms with van der Waals surface area (Å²) in [5.74, 6) is 0. The smallest absolute Gasteiger partial charge is 0.0595 e. The van der Waals surface area contributed by atoms with Gasteiger partial charge in [0, 0.05) is 78.9 Å². The molecule has 0 fully saturated rings. The maximum Gasteiger partial charge on any atom is 0.0595 e. The maximum absolute atomic E-state index is 4.71. The van der Waals surface area contributed by atoms with Crippen molar-refractivity contribution in [3.63, 3.8) is 0 Å². The molecule has 117 heavy (non-hydrogen) atoms. The van der Waals surface area contributed by atoms with Gasteiger partial charge in [0.15, 0.2) is 0 Å². The van der Waals surface area contributed by atoms with Crippen LogP contribution in [0.5, 0.6) is 0 Å². The van der Waals surface area contributed by atoms with Crippen LogP contribution in [0.4, 0.5) is 0 Å². The van der Waals surface area contributed by atoms with Gasteiger partial charge < -0.3 is 15.0 Å². The van der Waals surface area contributed by atoms with Crippen molar-refractivity contribution in [2.24, 2.45) is 0 Å². The number of hydrogen-bond donors (Lipinski definition) is 0. The maximum atomic E-state index is 4.71. The monoisotopic (exact) mass is 2050 g/mol. The molecule has 18 rings (SSSR count). The molecule has 0 spiro atoms. The molecule has 0 saturated heterocycles. The zero-order chi connectivity index (χ0) is 79.1. The van der Waals surface area contributed by atoms with E-state index >= 15 is 0 Å². The molecule has 6 heterocycles. The van der Waals surface area contributed by atoms with Crippen LogP contribution < -0.4 is 0 Å². The molecule has 6 aromatic heterocycles.